The molecule has 0 heterocycles. The molecule has 0 amide bonds. The maximum atomic E-state index is 12.7. The van der Waals surface area contributed by atoms with Gasteiger partial charge in [-0.3, -0.25) is 0 Å². The molecule has 0 saturated heterocycles. The van der Waals surface area contributed by atoms with E-state index >= 15 is 0 Å². The van der Waals surface area contributed by atoms with E-state index in [2.05, 4.69) is 13.8 Å². The van der Waals surface area contributed by atoms with E-state index in [9.17, 15) is 10.4 Å². The molecule has 2 aromatic rings. The molecule has 6 nitrogen and oxygen atoms in total. The summed E-state index contributed by atoms with van der Waals surface area (Å²) in [5.74, 6) is 1.13. The molecule has 0 saturated carbocycles. The number of rotatable bonds is 12. The van der Waals surface area contributed by atoms with Gasteiger partial charge in [-0.2, -0.15) is 0 Å². The van der Waals surface area contributed by atoms with Crippen molar-refractivity contribution in [2.24, 2.45) is 0 Å². The summed E-state index contributed by atoms with van der Waals surface area (Å²) in [5.41, 5.74) is 0.931. The second-order valence-electron chi connectivity index (χ2n) is 7.99. The van der Waals surface area contributed by atoms with Gasteiger partial charge < -0.3 is 25.1 Å². The number of benzene rings is 2. The van der Waals surface area contributed by atoms with Crippen LogP contribution in [0.25, 0.3) is 0 Å². The number of ether oxygens (including phenoxy) is 1. The van der Waals surface area contributed by atoms with Crippen LogP contribution in [0.2, 0.25) is 0 Å². The Morgan fingerprint density at radius 2 is 1.53 bits per heavy atom. The topological polar surface area (TPSA) is 73.5 Å². The first-order valence-electron chi connectivity index (χ1n) is 11.0. The van der Waals surface area contributed by atoms with Crippen LogP contribution in [-0.4, -0.2) is 11.6 Å². The van der Waals surface area contributed by atoms with Gasteiger partial charge in [0.1, 0.15) is 12.3 Å². The average Bonchev–Trinajstić information content (AvgIpc) is 2.77. The zero-order valence-electron chi connectivity index (χ0n) is 18.9. The Morgan fingerprint density at radius 3 is 2.17 bits per heavy atom. The quantitative estimate of drug-likeness (QED) is 0.517. The van der Waals surface area contributed by atoms with Gasteiger partial charge in [-0.25, -0.2) is 0 Å². The van der Waals surface area contributed by atoms with Crippen molar-refractivity contribution in [2.75, 3.05) is 0 Å². The van der Waals surface area contributed by atoms with Crippen molar-refractivity contribution in [2.45, 2.75) is 78.5 Å². The molecule has 0 aliphatic carbocycles. The monoisotopic (exact) mass is 416 g/mol. The van der Waals surface area contributed by atoms with Crippen LogP contribution < -0.4 is 19.9 Å². The van der Waals surface area contributed by atoms with Crippen LogP contribution in [0.4, 0.5) is 5.69 Å². The van der Waals surface area contributed by atoms with Crippen LogP contribution >= 0.6 is 0 Å². The molecule has 0 aliphatic rings. The predicted octanol–water partition coefficient (Wildman–Crippen LogP) is 3.72. The van der Waals surface area contributed by atoms with Crippen molar-refractivity contribution >= 4 is 5.69 Å². The molecule has 2 rings (SSSR count). The van der Waals surface area contributed by atoms with Crippen LogP contribution in [0.3, 0.4) is 0 Å². The fourth-order valence-electron chi connectivity index (χ4n) is 3.28. The average molecular weight is 417 g/mol. The minimum Gasteiger partial charge on any atom is -0.634 e. The van der Waals surface area contributed by atoms with E-state index in [0.29, 0.717) is 23.7 Å². The smallest absolute Gasteiger partial charge is 0.194 e. The first-order valence-corrected chi connectivity index (χ1v) is 11.0. The van der Waals surface area contributed by atoms with Crippen molar-refractivity contribution in [3.8, 4) is 11.5 Å². The summed E-state index contributed by atoms with van der Waals surface area (Å²) < 4.78 is 5.93. The van der Waals surface area contributed by atoms with Gasteiger partial charge in [-0.1, -0.05) is 45.9 Å². The van der Waals surface area contributed by atoms with Crippen molar-refractivity contribution in [3.63, 3.8) is 0 Å². The molecule has 0 aromatic heterocycles. The number of quaternary nitrogens is 2. The Bertz CT molecular complexity index is 775. The van der Waals surface area contributed by atoms with Gasteiger partial charge in [-0.15, -0.1) is 5.23 Å². The molecule has 0 bridgehead atoms. The Kier molecular flexibility index (Phi) is 9.11. The Hall–Kier alpha value is -2.12. The van der Waals surface area contributed by atoms with E-state index in [-0.39, 0.29) is 16.7 Å². The molecule has 2 aromatic carbocycles. The number of nitrogens with one attached hydrogen (secondary N) is 2. The predicted molar refractivity (Wildman–Crippen MR) is 120 cm³/mol. The third kappa shape index (κ3) is 6.44. The normalized spacial score (nSPS) is 13.9. The van der Waals surface area contributed by atoms with E-state index in [0.717, 1.165) is 31.2 Å². The molecule has 2 N–H and O–H groups in total. The Balaban J connectivity index is 2.08. The second-order valence-corrected chi connectivity index (χ2v) is 7.99. The van der Waals surface area contributed by atoms with Crippen LogP contribution in [0.15, 0.2) is 48.5 Å². The van der Waals surface area contributed by atoms with Gasteiger partial charge >= 0.3 is 0 Å². The van der Waals surface area contributed by atoms with E-state index in [1.807, 2.05) is 39.0 Å². The van der Waals surface area contributed by atoms with E-state index in [1.54, 1.807) is 30.3 Å². The van der Waals surface area contributed by atoms with Crippen LogP contribution in [-0.2, 0) is 6.54 Å². The van der Waals surface area contributed by atoms with Gasteiger partial charge in [0.15, 0.2) is 11.4 Å². The molecule has 0 fully saturated rings. The lowest BCUT2D eigenvalue weighted by Gasteiger charge is -2.40. The summed E-state index contributed by atoms with van der Waals surface area (Å²) in [6.07, 6.45) is 3.59. The first kappa shape index (κ1) is 24.2. The fourth-order valence-corrected chi connectivity index (χ4v) is 3.28. The molecular weight excluding hydrogens is 380 g/mol. The minimum absolute atomic E-state index is 0.141. The van der Waals surface area contributed by atoms with E-state index in [1.165, 1.54) is 0 Å². The van der Waals surface area contributed by atoms with Gasteiger partial charge in [0.05, 0.1) is 11.6 Å². The van der Waals surface area contributed by atoms with Crippen molar-refractivity contribution < 1.29 is 19.9 Å². The Labute approximate surface area is 180 Å². The second kappa shape index (κ2) is 11.3. The fraction of sp³-hybridized carbons (Fsp3) is 0.500. The van der Waals surface area contributed by atoms with Crippen molar-refractivity contribution in [3.05, 3.63) is 64.5 Å². The Morgan fingerprint density at radius 1 is 0.900 bits per heavy atom. The first-order chi connectivity index (χ1) is 14.3. The van der Waals surface area contributed by atoms with Crippen LogP contribution in [0.5, 0.6) is 11.5 Å². The molecule has 6 heteroatoms. The molecule has 0 aliphatic heterocycles. The minimum atomic E-state index is -0.447. The molecule has 0 spiro atoms. The van der Waals surface area contributed by atoms with Crippen molar-refractivity contribution in [1.82, 2.24) is 0 Å². The summed E-state index contributed by atoms with van der Waals surface area (Å²) in [4.78, 5) is 5.56. The molecule has 30 heavy (non-hydrogen) atoms. The maximum absolute atomic E-state index is 12.7. The maximum Gasteiger partial charge on any atom is 0.194 e. The van der Waals surface area contributed by atoms with Gasteiger partial charge in [-0.05, 0) is 44.7 Å². The highest BCUT2D eigenvalue weighted by Crippen LogP contribution is 2.21. The number of hydrogen-bond donors (Lipinski definition) is 2. The van der Waals surface area contributed by atoms with Gasteiger partial charge in [0.2, 0.25) is 0 Å². The summed E-state index contributed by atoms with van der Waals surface area (Å²) in [6, 6.07) is 14.3. The lowest BCUT2D eigenvalue weighted by atomic mass is 9.94. The van der Waals surface area contributed by atoms with Crippen molar-refractivity contribution in [1.29, 1.82) is 0 Å². The van der Waals surface area contributed by atoms with Crippen LogP contribution in [0.1, 0.15) is 65.9 Å². The molecule has 2 unspecified atom stereocenters. The highest BCUT2D eigenvalue weighted by Gasteiger charge is 2.27. The standard InChI is InChI=1S/C24H36N2O4/c1-6-21(7-2)29-22-14-11-15-23(17-22)30-26(28)20-13-10-12-19(16-20)18-25(27)24(5,8-3)9-4/h10-17,21,25-26H,6-9,18H2,1-5H3. The zero-order valence-corrected chi connectivity index (χ0v) is 18.9. The number of hydrogen-bond acceptors (Lipinski definition) is 4. The molecule has 2 atom stereocenters. The zero-order chi connectivity index (χ0) is 22.1. The highest BCUT2D eigenvalue weighted by atomic mass is 16.9. The third-order valence-corrected chi connectivity index (χ3v) is 5.99. The summed E-state index contributed by atoms with van der Waals surface area (Å²) in [6.45, 7) is 10.6. The molecular formula is C24H36N2O4. The summed E-state index contributed by atoms with van der Waals surface area (Å²) in [7, 11) is 0. The van der Waals surface area contributed by atoms with Crippen LogP contribution in [0, 0.1) is 10.4 Å². The van der Waals surface area contributed by atoms with Gasteiger partial charge in [0.25, 0.3) is 0 Å². The SMILES string of the molecule is CCC(CC)Oc1cccc(O[NH+]([O-])c2cccc(C[NH+]([O-])C(C)(CC)CC)c2)c1. The largest absolute Gasteiger partial charge is 0.634 e. The lowest BCUT2D eigenvalue weighted by molar-refractivity contribution is -0.963. The van der Waals surface area contributed by atoms with Gasteiger partial charge in [0, 0.05) is 23.8 Å². The highest BCUT2D eigenvalue weighted by molar-refractivity contribution is 5.35. The molecule has 0 radical (unpaired) electrons. The summed E-state index contributed by atoms with van der Waals surface area (Å²) in [5, 5.41) is 25.1. The lowest BCUT2D eigenvalue weighted by Crippen LogP contribution is -3.14. The molecule has 166 valence electrons. The third-order valence-electron chi connectivity index (χ3n) is 5.99. The van der Waals surface area contributed by atoms with E-state index < -0.39 is 5.23 Å². The number of hydroxylamine groups is 2. The van der Waals surface area contributed by atoms with E-state index in [4.69, 9.17) is 9.57 Å². The summed E-state index contributed by atoms with van der Waals surface area (Å²) >= 11 is 0.